The van der Waals surface area contributed by atoms with E-state index in [2.05, 4.69) is 6.92 Å². The minimum Gasteiger partial charge on any atom is -0.481 e. The van der Waals surface area contributed by atoms with Crippen LogP contribution in [-0.2, 0) is 9.59 Å². The molecule has 0 aromatic heterocycles. The van der Waals surface area contributed by atoms with Crippen molar-refractivity contribution in [3.05, 3.63) is 0 Å². The van der Waals surface area contributed by atoms with E-state index in [4.69, 9.17) is 5.11 Å². The Morgan fingerprint density at radius 1 is 1.29 bits per heavy atom. The van der Waals surface area contributed by atoms with Gasteiger partial charge in [0, 0.05) is 13.1 Å². The number of aliphatic carboxylic acids is 1. The van der Waals surface area contributed by atoms with E-state index in [-0.39, 0.29) is 23.3 Å². The van der Waals surface area contributed by atoms with E-state index in [1.807, 2.05) is 13.8 Å². The van der Waals surface area contributed by atoms with Crippen LogP contribution in [0.3, 0.4) is 0 Å². The molecule has 2 aliphatic carbocycles. The molecule has 2 aliphatic rings. The molecule has 3 atom stereocenters. The maximum absolute atomic E-state index is 12.3. The minimum absolute atomic E-state index is 0.00167. The molecule has 0 heterocycles. The second kappa shape index (κ2) is 3.72. The first-order valence-electron chi connectivity index (χ1n) is 6.28. The molecule has 0 aromatic rings. The molecule has 0 bridgehead atoms. The smallest absolute Gasteiger partial charge is 0.307 e. The third-order valence-electron chi connectivity index (χ3n) is 4.62. The molecule has 2 rings (SSSR count). The van der Waals surface area contributed by atoms with E-state index in [1.54, 1.807) is 11.9 Å². The van der Waals surface area contributed by atoms with Crippen molar-refractivity contribution in [2.75, 3.05) is 7.05 Å². The lowest BCUT2D eigenvalue weighted by atomic mass is 10.1. The number of nitrogens with zero attached hydrogens (tertiary/aromatic N) is 1. The number of carbonyl (C=O) groups excluding carboxylic acids is 1. The topological polar surface area (TPSA) is 57.6 Å². The monoisotopic (exact) mass is 239 g/mol. The average molecular weight is 239 g/mol. The molecule has 0 radical (unpaired) electrons. The normalized spacial score (nSPS) is 31.8. The molecule has 2 fully saturated rings. The van der Waals surface area contributed by atoms with E-state index in [0.717, 1.165) is 0 Å². The summed E-state index contributed by atoms with van der Waals surface area (Å²) in [6.45, 7) is 5.79. The van der Waals surface area contributed by atoms with Gasteiger partial charge in [0.15, 0.2) is 0 Å². The SMILES string of the molecule is CC(C1CC1)N(C)C(=O)C1C(C(=O)O)C1(C)C. The Morgan fingerprint density at radius 2 is 1.82 bits per heavy atom. The summed E-state index contributed by atoms with van der Waals surface area (Å²) in [5.74, 6) is -1.08. The number of amides is 1. The maximum Gasteiger partial charge on any atom is 0.307 e. The summed E-state index contributed by atoms with van der Waals surface area (Å²) < 4.78 is 0. The standard InChI is InChI=1S/C13H21NO3/c1-7(8-5-6-8)14(4)11(15)9-10(12(16)17)13(9,2)3/h7-10H,5-6H2,1-4H3,(H,16,17). The fourth-order valence-corrected chi connectivity index (χ4v) is 2.87. The number of hydrogen-bond acceptors (Lipinski definition) is 2. The summed E-state index contributed by atoms with van der Waals surface area (Å²) in [6, 6.07) is 0.244. The van der Waals surface area contributed by atoms with Crippen molar-refractivity contribution in [3.8, 4) is 0 Å². The quantitative estimate of drug-likeness (QED) is 0.810. The van der Waals surface area contributed by atoms with Crippen molar-refractivity contribution in [1.29, 1.82) is 0 Å². The predicted octanol–water partition coefficient (Wildman–Crippen LogP) is 1.60. The molecule has 3 unspecified atom stereocenters. The van der Waals surface area contributed by atoms with Crippen LogP contribution < -0.4 is 0 Å². The van der Waals surface area contributed by atoms with Crippen LogP contribution in [0, 0.1) is 23.2 Å². The lowest BCUT2D eigenvalue weighted by Crippen LogP contribution is -2.38. The summed E-state index contributed by atoms with van der Waals surface area (Å²) in [5.41, 5.74) is -0.388. The lowest BCUT2D eigenvalue weighted by Gasteiger charge is -2.25. The Morgan fingerprint density at radius 3 is 2.18 bits per heavy atom. The van der Waals surface area contributed by atoms with Gasteiger partial charge in [0.05, 0.1) is 11.8 Å². The van der Waals surface area contributed by atoms with Gasteiger partial charge in [0.25, 0.3) is 0 Å². The van der Waals surface area contributed by atoms with Gasteiger partial charge in [-0.1, -0.05) is 13.8 Å². The van der Waals surface area contributed by atoms with Crippen molar-refractivity contribution < 1.29 is 14.7 Å². The zero-order valence-corrected chi connectivity index (χ0v) is 10.9. The van der Waals surface area contributed by atoms with Crippen LogP contribution in [0.2, 0.25) is 0 Å². The first-order chi connectivity index (χ1) is 7.78. The molecule has 0 spiro atoms. The van der Waals surface area contributed by atoms with Crippen LogP contribution in [-0.4, -0.2) is 35.0 Å². The van der Waals surface area contributed by atoms with Crippen molar-refractivity contribution in [2.24, 2.45) is 23.2 Å². The third-order valence-corrected chi connectivity index (χ3v) is 4.62. The molecule has 0 saturated heterocycles. The van der Waals surface area contributed by atoms with Crippen LogP contribution in [0.4, 0.5) is 0 Å². The fraction of sp³-hybridized carbons (Fsp3) is 0.846. The van der Waals surface area contributed by atoms with Crippen molar-refractivity contribution in [1.82, 2.24) is 4.90 Å². The zero-order chi connectivity index (χ0) is 13.0. The summed E-state index contributed by atoms with van der Waals surface area (Å²) in [4.78, 5) is 25.1. The van der Waals surface area contributed by atoms with E-state index in [9.17, 15) is 9.59 Å². The Kier molecular flexibility index (Phi) is 2.71. The highest BCUT2D eigenvalue weighted by atomic mass is 16.4. The number of carbonyl (C=O) groups is 2. The Bertz CT molecular complexity index is 360. The molecule has 0 aromatic carbocycles. The van der Waals surface area contributed by atoms with E-state index in [1.165, 1.54) is 12.8 Å². The molecule has 96 valence electrons. The molecule has 4 heteroatoms. The van der Waals surface area contributed by atoms with Gasteiger partial charge in [-0.25, -0.2) is 0 Å². The van der Waals surface area contributed by atoms with E-state index >= 15 is 0 Å². The van der Waals surface area contributed by atoms with Crippen molar-refractivity contribution in [3.63, 3.8) is 0 Å². The van der Waals surface area contributed by atoms with Gasteiger partial charge in [0.2, 0.25) is 5.91 Å². The minimum atomic E-state index is -0.846. The van der Waals surface area contributed by atoms with Gasteiger partial charge >= 0.3 is 5.97 Å². The van der Waals surface area contributed by atoms with Gasteiger partial charge in [-0.2, -0.15) is 0 Å². The summed E-state index contributed by atoms with van der Waals surface area (Å²) in [6.07, 6.45) is 2.38. The first kappa shape index (κ1) is 12.4. The van der Waals surface area contributed by atoms with Crippen molar-refractivity contribution >= 4 is 11.9 Å². The Balaban J connectivity index is 2.03. The maximum atomic E-state index is 12.3. The van der Waals surface area contributed by atoms with Crippen LogP contribution >= 0.6 is 0 Å². The number of hydrogen-bond donors (Lipinski definition) is 1. The predicted molar refractivity (Wildman–Crippen MR) is 63.4 cm³/mol. The molecule has 1 amide bonds. The van der Waals surface area contributed by atoms with E-state index in [0.29, 0.717) is 5.92 Å². The number of carboxylic acid groups (broad SMARTS) is 1. The van der Waals surface area contributed by atoms with Crippen LogP contribution in [0.1, 0.15) is 33.6 Å². The van der Waals surface area contributed by atoms with Crippen molar-refractivity contribution in [2.45, 2.75) is 39.7 Å². The molecule has 4 nitrogen and oxygen atoms in total. The highest BCUT2D eigenvalue weighted by Gasteiger charge is 2.66. The highest BCUT2D eigenvalue weighted by Crippen LogP contribution is 2.59. The second-order valence-corrected chi connectivity index (χ2v) is 6.14. The van der Waals surface area contributed by atoms with Gasteiger partial charge in [-0.3, -0.25) is 9.59 Å². The average Bonchev–Trinajstić information content (AvgIpc) is 3.09. The fourth-order valence-electron chi connectivity index (χ4n) is 2.87. The molecule has 2 saturated carbocycles. The molecule has 0 aliphatic heterocycles. The van der Waals surface area contributed by atoms with Crippen LogP contribution in [0.5, 0.6) is 0 Å². The largest absolute Gasteiger partial charge is 0.481 e. The highest BCUT2D eigenvalue weighted by molar-refractivity contribution is 5.91. The van der Waals surface area contributed by atoms with Crippen LogP contribution in [0.25, 0.3) is 0 Å². The zero-order valence-electron chi connectivity index (χ0n) is 10.9. The number of carboxylic acids is 1. The Labute approximate surface area is 102 Å². The molecular weight excluding hydrogens is 218 g/mol. The van der Waals surface area contributed by atoms with Gasteiger partial charge in [-0.15, -0.1) is 0 Å². The van der Waals surface area contributed by atoms with Gasteiger partial charge < -0.3 is 10.0 Å². The second-order valence-electron chi connectivity index (χ2n) is 6.14. The summed E-state index contributed by atoms with van der Waals surface area (Å²) in [7, 11) is 1.80. The summed E-state index contributed by atoms with van der Waals surface area (Å²) in [5, 5.41) is 9.08. The first-order valence-corrected chi connectivity index (χ1v) is 6.28. The molecular formula is C13H21NO3. The molecule has 1 N–H and O–H groups in total. The summed E-state index contributed by atoms with van der Waals surface area (Å²) >= 11 is 0. The van der Waals surface area contributed by atoms with Crippen LogP contribution in [0.15, 0.2) is 0 Å². The molecule has 17 heavy (non-hydrogen) atoms. The third kappa shape index (κ3) is 1.94. The van der Waals surface area contributed by atoms with Gasteiger partial charge in [0.1, 0.15) is 0 Å². The number of rotatable bonds is 4. The van der Waals surface area contributed by atoms with E-state index < -0.39 is 11.9 Å². The Hall–Kier alpha value is -1.06. The lowest BCUT2D eigenvalue weighted by molar-refractivity contribution is -0.142. The van der Waals surface area contributed by atoms with Gasteiger partial charge in [-0.05, 0) is 31.1 Å².